The number of Topliss-reactive ketones (excluding diaryl/α,β-unsaturated/α-hetero) is 1. The second kappa shape index (κ2) is 8.45. The first-order chi connectivity index (χ1) is 12.1. The van der Waals surface area contributed by atoms with E-state index in [0.29, 0.717) is 13.0 Å². The molecule has 4 heteroatoms. The van der Waals surface area contributed by atoms with Crippen LogP contribution in [0, 0.1) is 6.92 Å². The number of ketones is 1. The predicted octanol–water partition coefficient (Wildman–Crippen LogP) is 5.73. The zero-order valence-electron chi connectivity index (χ0n) is 14.2. The number of carbonyl (C=O) groups is 1. The van der Waals surface area contributed by atoms with Crippen LogP contribution in [0.25, 0.3) is 6.08 Å². The highest BCUT2D eigenvalue weighted by molar-refractivity contribution is 8.08. The topological polar surface area (TPSA) is 26.3 Å². The van der Waals surface area contributed by atoms with Crippen molar-refractivity contribution in [2.75, 3.05) is 12.4 Å². The minimum atomic E-state index is 0.139. The lowest BCUT2D eigenvalue weighted by atomic mass is 10.1. The molecular formula is C21H20O2S2. The fraction of sp³-hybridized carbons (Fsp3) is 0.190. The fourth-order valence-corrected chi connectivity index (χ4v) is 4.06. The molecule has 3 rings (SSSR count). The van der Waals surface area contributed by atoms with Crippen LogP contribution in [0.3, 0.4) is 0 Å². The number of thioether (sulfide) groups is 2. The number of carbonyl (C=O) groups excluding carboxylic acids is 1. The first kappa shape index (κ1) is 17.9. The number of benzene rings is 2. The van der Waals surface area contributed by atoms with E-state index >= 15 is 0 Å². The maximum atomic E-state index is 11.9. The molecule has 1 aliphatic heterocycles. The summed E-state index contributed by atoms with van der Waals surface area (Å²) in [7, 11) is 0. The largest absolute Gasteiger partial charge is 0.492 e. The van der Waals surface area contributed by atoms with Crippen molar-refractivity contribution in [2.45, 2.75) is 18.2 Å². The third-order valence-corrected chi connectivity index (χ3v) is 5.70. The zero-order valence-corrected chi connectivity index (χ0v) is 15.8. The van der Waals surface area contributed by atoms with Crippen LogP contribution in [-0.2, 0) is 4.79 Å². The van der Waals surface area contributed by atoms with Crippen LogP contribution in [0.1, 0.15) is 17.5 Å². The van der Waals surface area contributed by atoms with E-state index in [4.69, 9.17) is 4.74 Å². The number of hydrogen-bond acceptors (Lipinski definition) is 4. The van der Waals surface area contributed by atoms with Gasteiger partial charge in [-0.05, 0) is 36.1 Å². The molecule has 0 saturated carbocycles. The molecule has 0 radical (unpaired) electrons. The standard InChI is InChI=1S/C21H20O2S2/c1-15-7-9-18(10-8-15)24-12-11-23-20-6-4-3-5-17(20)14-21-19(22)13-16(2)25-21/h3-10,14H,2,11-13H2,1H3. The van der Waals surface area contributed by atoms with Gasteiger partial charge in [-0.1, -0.05) is 54.2 Å². The van der Waals surface area contributed by atoms with Gasteiger partial charge < -0.3 is 4.74 Å². The van der Waals surface area contributed by atoms with Gasteiger partial charge in [0.15, 0.2) is 5.78 Å². The zero-order chi connectivity index (χ0) is 17.6. The molecular weight excluding hydrogens is 348 g/mol. The van der Waals surface area contributed by atoms with E-state index in [2.05, 4.69) is 37.8 Å². The normalized spacial score (nSPS) is 15.8. The SMILES string of the molecule is C=C1CC(=O)C(=Cc2ccccc2OCCSc2ccc(C)cc2)S1. The monoisotopic (exact) mass is 368 g/mol. The Bertz CT molecular complexity index is 807. The molecule has 2 aromatic carbocycles. The Morgan fingerprint density at radius 3 is 2.68 bits per heavy atom. The predicted molar refractivity (Wildman–Crippen MR) is 108 cm³/mol. The molecule has 0 unspecified atom stereocenters. The van der Waals surface area contributed by atoms with Gasteiger partial charge >= 0.3 is 0 Å². The summed E-state index contributed by atoms with van der Waals surface area (Å²) in [5, 5.41) is 0. The van der Waals surface area contributed by atoms with E-state index in [9.17, 15) is 4.79 Å². The van der Waals surface area contributed by atoms with E-state index in [1.165, 1.54) is 22.2 Å². The molecule has 0 atom stereocenters. The summed E-state index contributed by atoms with van der Waals surface area (Å²) in [6, 6.07) is 16.3. The van der Waals surface area contributed by atoms with Gasteiger partial charge in [0.05, 0.1) is 11.5 Å². The van der Waals surface area contributed by atoms with E-state index in [-0.39, 0.29) is 5.78 Å². The van der Waals surface area contributed by atoms with Crippen LogP contribution in [0.5, 0.6) is 5.75 Å². The van der Waals surface area contributed by atoms with Crippen molar-refractivity contribution in [1.82, 2.24) is 0 Å². The van der Waals surface area contributed by atoms with Crippen LogP contribution in [0.4, 0.5) is 0 Å². The van der Waals surface area contributed by atoms with Crippen LogP contribution in [0.2, 0.25) is 0 Å². The fourth-order valence-electron chi connectivity index (χ4n) is 2.44. The summed E-state index contributed by atoms with van der Waals surface area (Å²) in [5.74, 6) is 1.82. The molecule has 1 fully saturated rings. The first-order valence-electron chi connectivity index (χ1n) is 8.13. The lowest BCUT2D eigenvalue weighted by molar-refractivity contribution is -0.113. The van der Waals surface area contributed by atoms with Gasteiger partial charge in [0, 0.05) is 22.6 Å². The molecule has 0 aliphatic carbocycles. The number of aryl methyl sites for hydroxylation is 1. The Kier molecular flexibility index (Phi) is 6.05. The van der Waals surface area contributed by atoms with Crippen molar-refractivity contribution in [2.24, 2.45) is 0 Å². The van der Waals surface area contributed by atoms with Gasteiger partial charge in [0.1, 0.15) is 5.75 Å². The van der Waals surface area contributed by atoms with Crippen molar-refractivity contribution in [1.29, 1.82) is 0 Å². The lowest BCUT2D eigenvalue weighted by Crippen LogP contribution is -2.01. The highest BCUT2D eigenvalue weighted by Crippen LogP contribution is 2.38. The molecule has 1 saturated heterocycles. The van der Waals surface area contributed by atoms with Gasteiger partial charge in [0.25, 0.3) is 0 Å². The number of allylic oxidation sites excluding steroid dienone is 2. The second-order valence-corrected chi connectivity index (χ2v) is 8.19. The van der Waals surface area contributed by atoms with E-state index < -0.39 is 0 Å². The molecule has 1 aliphatic rings. The van der Waals surface area contributed by atoms with Gasteiger partial charge in [-0.15, -0.1) is 11.8 Å². The number of rotatable bonds is 6. The van der Waals surface area contributed by atoms with Crippen LogP contribution >= 0.6 is 23.5 Å². The van der Waals surface area contributed by atoms with Crippen LogP contribution in [0.15, 0.2) is 69.8 Å². The number of hydrogen-bond donors (Lipinski definition) is 0. The molecule has 0 aromatic heterocycles. The Hall–Kier alpha value is -1.91. The summed E-state index contributed by atoms with van der Waals surface area (Å²) in [5.41, 5.74) is 2.21. The molecule has 0 bridgehead atoms. The Morgan fingerprint density at radius 1 is 1.20 bits per heavy atom. The first-order valence-corrected chi connectivity index (χ1v) is 9.94. The highest BCUT2D eigenvalue weighted by atomic mass is 32.2. The van der Waals surface area contributed by atoms with Crippen molar-refractivity contribution in [3.8, 4) is 5.75 Å². The minimum absolute atomic E-state index is 0.139. The maximum Gasteiger partial charge on any atom is 0.174 e. The smallest absolute Gasteiger partial charge is 0.174 e. The molecule has 2 aromatic rings. The van der Waals surface area contributed by atoms with Gasteiger partial charge in [-0.2, -0.15) is 0 Å². The Balaban J connectivity index is 1.59. The van der Waals surface area contributed by atoms with E-state index in [0.717, 1.165) is 26.9 Å². The van der Waals surface area contributed by atoms with Crippen LogP contribution < -0.4 is 4.74 Å². The molecule has 0 spiro atoms. The minimum Gasteiger partial charge on any atom is -0.492 e. The summed E-state index contributed by atoms with van der Waals surface area (Å²) in [6.45, 7) is 6.59. The van der Waals surface area contributed by atoms with Gasteiger partial charge in [0.2, 0.25) is 0 Å². The maximum absolute atomic E-state index is 11.9. The highest BCUT2D eigenvalue weighted by Gasteiger charge is 2.21. The number of ether oxygens (including phenoxy) is 1. The molecule has 1 heterocycles. The summed E-state index contributed by atoms with van der Waals surface area (Å²) < 4.78 is 5.95. The Morgan fingerprint density at radius 2 is 1.96 bits per heavy atom. The van der Waals surface area contributed by atoms with Gasteiger partial charge in [-0.25, -0.2) is 0 Å². The third-order valence-electron chi connectivity index (χ3n) is 3.72. The third kappa shape index (κ3) is 5.03. The summed E-state index contributed by atoms with van der Waals surface area (Å²) in [6.07, 6.45) is 2.35. The van der Waals surface area contributed by atoms with Crippen molar-refractivity contribution >= 4 is 35.4 Å². The van der Waals surface area contributed by atoms with Gasteiger partial charge in [-0.3, -0.25) is 4.79 Å². The summed E-state index contributed by atoms with van der Waals surface area (Å²) >= 11 is 3.24. The second-order valence-electron chi connectivity index (χ2n) is 5.80. The summed E-state index contributed by atoms with van der Waals surface area (Å²) in [4.78, 5) is 14.8. The molecule has 0 N–H and O–H groups in total. The van der Waals surface area contributed by atoms with Crippen LogP contribution in [-0.4, -0.2) is 18.1 Å². The molecule has 25 heavy (non-hydrogen) atoms. The Labute approximate surface area is 157 Å². The molecule has 2 nitrogen and oxygen atoms in total. The quantitative estimate of drug-likeness (QED) is 0.370. The van der Waals surface area contributed by atoms with E-state index in [1.54, 1.807) is 11.8 Å². The average Bonchev–Trinajstić information content (AvgIpc) is 2.92. The lowest BCUT2D eigenvalue weighted by Gasteiger charge is -2.09. The van der Waals surface area contributed by atoms with E-state index in [1.807, 2.05) is 30.3 Å². The average molecular weight is 369 g/mol. The number of para-hydroxylation sites is 1. The van der Waals surface area contributed by atoms with Crippen molar-refractivity contribution in [3.05, 3.63) is 76.0 Å². The molecule has 128 valence electrons. The van der Waals surface area contributed by atoms with Crippen molar-refractivity contribution in [3.63, 3.8) is 0 Å². The van der Waals surface area contributed by atoms with Crippen molar-refractivity contribution < 1.29 is 9.53 Å². The molecule has 0 amide bonds.